The van der Waals surface area contributed by atoms with Crippen molar-refractivity contribution in [2.45, 2.75) is 19.9 Å². The first-order chi connectivity index (χ1) is 7.36. The van der Waals surface area contributed by atoms with Crippen LogP contribution in [0.15, 0.2) is 36.4 Å². The molecule has 0 fully saturated rings. The molecule has 0 heterocycles. The molecule has 0 saturated carbocycles. The summed E-state index contributed by atoms with van der Waals surface area (Å²) in [5.41, 5.74) is 1.89. The fraction of sp³-hybridized carbons (Fsp3) is 0.308. The second kappa shape index (κ2) is 6.80. The summed E-state index contributed by atoms with van der Waals surface area (Å²) in [6.07, 6.45) is 5.24. The highest BCUT2D eigenvalue weighted by Gasteiger charge is 1.93. The van der Waals surface area contributed by atoms with Crippen molar-refractivity contribution in [1.82, 2.24) is 5.32 Å². The van der Waals surface area contributed by atoms with Gasteiger partial charge < -0.3 is 5.32 Å². The topological polar surface area (TPSA) is 35.8 Å². The zero-order chi connectivity index (χ0) is 10.9. The molecular weight excluding hydrogens is 184 g/mol. The fourth-order valence-electron chi connectivity index (χ4n) is 1.34. The minimum atomic E-state index is 0.725. The van der Waals surface area contributed by atoms with Gasteiger partial charge in [0.05, 0.1) is 11.6 Å². The van der Waals surface area contributed by atoms with Gasteiger partial charge in [-0.3, -0.25) is 0 Å². The van der Waals surface area contributed by atoms with E-state index in [0.717, 1.165) is 30.6 Å². The summed E-state index contributed by atoms with van der Waals surface area (Å²) in [5, 5.41) is 12.1. The van der Waals surface area contributed by atoms with Gasteiger partial charge in [-0.05, 0) is 37.6 Å². The van der Waals surface area contributed by atoms with Gasteiger partial charge in [0.2, 0.25) is 0 Å². The summed E-state index contributed by atoms with van der Waals surface area (Å²) in [7, 11) is 0. The van der Waals surface area contributed by atoms with E-state index in [1.165, 1.54) is 0 Å². The molecule has 1 aromatic carbocycles. The normalized spacial score (nSPS) is 10.4. The Kier molecular flexibility index (Phi) is 5.21. The van der Waals surface area contributed by atoms with Gasteiger partial charge in [0.25, 0.3) is 0 Å². The molecule has 0 aromatic heterocycles. The third-order valence-electron chi connectivity index (χ3n) is 2.11. The lowest BCUT2D eigenvalue weighted by Crippen LogP contribution is -2.13. The lowest BCUT2D eigenvalue weighted by Gasteiger charge is -2.03. The van der Waals surface area contributed by atoms with Crippen molar-refractivity contribution in [3.63, 3.8) is 0 Å². The van der Waals surface area contributed by atoms with Gasteiger partial charge in [0, 0.05) is 6.54 Å². The number of nitriles is 1. The van der Waals surface area contributed by atoms with Crippen LogP contribution in [0.3, 0.4) is 0 Å². The Hall–Kier alpha value is -1.59. The van der Waals surface area contributed by atoms with Gasteiger partial charge in [-0.25, -0.2) is 0 Å². The lowest BCUT2D eigenvalue weighted by molar-refractivity contribution is 0.695. The average Bonchev–Trinajstić information content (AvgIpc) is 2.29. The molecule has 0 radical (unpaired) electrons. The Labute approximate surface area is 91.2 Å². The Morgan fingerprint density at radius 1 is 1.47 bits per heavy atom. The first-order valence-electron chi connectivity index (χ1n) is 5.17. The molecule has 0 atom stereocenters. The highest BCUT2D eigenvalue weighted by molar-refractivity contribution is 5.32. The molecular formula is C13H16N2. The van der Waals surface area contributed by atoms with Gasteiger partial charge in [-0.2, -0.15) is 5.26 Å². The molecule has 1 aromatic rings. The second-order valence-electron chi connectivity index (χ2n) is 3.35. The minimum absolute atomic E-state index is 0.725. The maximum Gasteiger partial charge on any atom is 0.0991 e. The number of nitrogens with one attached hydrogen (secondary N) is 1. The van der Waals surface area contributed by atoms with Gasteiger partial charge >= 0.3 is 0 Å². The summed E-state index contributed by atoms with van der Waals surface area (Å²) in [4.78, 5) is 0. The van der Waals surface area contributed by atoms with Crippen molar-refractivity contribution in [1.29, 1.82) is 5.26 Å². The highest BCUT2D eigenvalue weighted by atomic mass is 14.8. The zero-order valence-corrected chi connectivity index (χ0v) is 9.03. The molecule has 0 unspecified atom stereocenters. The van der Waals surface area contributed by atoms with Crippen molar-refractivity contribution >= 4 is 0 Å². The standard InChI is InChI=1S/C13H16N2/c1-2-3-4-8-15-11-13-7-5-6-12(9-13)10-14/h2-3,5-7,9,15H,4,8,11H2,1H3/b3-2+. The molecule has 15 heavy (non-hydrogen) atoms. The van der Waals surface area contributed by atoms with Crippen molar-refractivity contribution in [3.8, 4) is 6.07 Å². The predicted molar refractivity (Wildman–Crippen MR) is 62.3 cm³/mol. The summed E-state index contributed by atoms with van der Waals surface area (Å²) < 4.78 is 0. The molecule has 2 nitrogen and oxygen atoms in total. The smallest absolute Gasteiger partial charge is 0.0991 e. The zero-order valence-electron chi connectivity index (χ0n) is 9.03. The maximum atomic E-state index is 8.72. The second-order valence-corrected chi connectivity index (χ2v) is 3.35. The molecule has 0 aliphatic rings. The van der Waals surface area contributed by atoms with Gasteiger partial charge in [-0.1, -0.05) is 24.3 Å². The number of nitrogens with zero attached hydrogens (tertiary/aromatic N) is 1. The number of hydrogen-bond donors (Lipinski definition) is 1. The minimum Gasteiger partial charge on any atom is -0.312 e. The first-order valence-corrected chi connectivity index (χ1v) is 5.17. The van der Waals surface area contributed by atoms with Crippen LogP contribution in [-0.4, -0.2) is 6.54 Å². The fourth-order valence-corrected chi connectivity index (χ4v) is 1.34. The highest BCUT2D eigenvalue weighted by Crippen LogP contribution is 2.03. The van der Waals surface area contributed by atoms with Crippen molar-refractivity contribution in [3.05, 3.63) is 47.5 Å². The SMILES string of the molecule is C/C=C/CCNCc1cccc(C#N)c1. The van der Waals surface area contributed by atoms with Gasteiger partial charge in [-0.15, -0.1) is 0 Å². The molecule has 78 valence electrons. The number of rotatable bonds is 5. The molecule has 0 bridgehead atoms. The van der Waals surface area contributed by atoms with Crippen molar-refractivity contribution < 1.29 is 0 Å². The van der Waals surface area contributed by atoms with Crippen LogP contribution in [0.25, 0.3) is 0 Å². The van der Waals surface area contributed by atoms with E-state index in [9.17, 15) is 0 Å². The molecule has 0 spiro atoms. The quantitative estimate of drug-likeness (QED) is 0.586. The molecule has 0 aliphatic carbocycles. The summed E-state index contributed by atoms with van der Waals surface area (Å²) in [5.74, 6) is 0. The van der Waals surface area contributed by atoms with E-state index in [1.807, 2.05) is 31.2 Å². The summed E-state index contributed by atoms with van der Waals surface area (Å²) in [6.45, 7) is 3.82. The van der Waals surface area contributed by atoms with E-state index < -0.39 is 0 Å². The maximum absolute atomic E-state index is 8.72. The Morgan fingerprint density at radius 3 is 3.07 bits per heavy atom. The van der Waals surface area contributed by atoms with Crippen LogP contribution in [0.5, 0.6) is 0 Å². The summed E-state index contributed by atoms with van der Waals surface area (Å²) in [6, 6.07) is 9.83. The molecule has 0 aliphatic heterocycles. The number of hydrogen-bond acceptors (Lipinski definition) is 2. The van der Waals surface area contributed by atoms with Gasteiger partial charge in [0.1, 0.15) is 0 Å². The molecule has 0 saturated heterocycles. The lowest BCUT2D eigenvalue weighted by atomic mass is 10.1. The first kappa shape index (κ1) is 11.5. The van der Waals surface area contributed by atoms with Crippen LogP contribution in [0, 0.1) is 11.3 Å². The Bertz CT molecular complexity index is 361. The van der Waals surface area contributed by atoms with Crippen LogP contribution < -0.4 is 5.32 Å². The van der Waals surface area contributed by atoms with Crippen molar-refractivity contribution in [2.24, 2.45) is 0 Å². The van der Waals surface area contributed by atoms with Crippen LogP contribution >= 0.6 is 0 Å². The third kappa shape index (κ3) is 4.44. The largest absolute Gasteiger partial charge is 0.312 e. The van der Waals surface area contributed by atoms with Crippen LogP contribution in [0.4, 0.5) is 0 Å². The number of allylic oxidation sites excluding steroid dienone is 1. The van der Waals surface area contributed by atoms with E-state index in [0.29, 0.717) is 0 Å². The van der Waals surface area contributed by atoms with E-state index in [1.54, 1.807) is 0 Å². The van der Waals surface area contributed by atoms with E-state index >= 15 is 0 Å². The third-order valence-corrected chi connectivity index (χ3v) is 2.11. The van der Waals surface area contributed by atoms with Crippen LogP contribution in [-0.2, 0) is 6.54 Å². The van der Waals surface area contributed by atoms with Crippen molar-refractivity contribution in [2.75, 3.05) is 6.54 Å². The van der Waals surface area contributed by atoms with Gasteiger partial charge in [0.15, 0.2) is 0 Å². The molecule has 2 heteroatoms. The Balaban J connectivity index is 2.34. The average molecular weight is 200 g/mol. The number of benzene rings is 1. The molecule has 0 amide bonds. The van der Waals surface area contributed by atoms with E-state index in [2.05, 4.69) is 23.5 Å². The molecule has 1 N–H and O–H groups in total. The summed E-state index contributed by atoms with van der Waals surface area (Å²) >= 11 is 0. The molecule has 1 rings (SSSR count). The van der Waals surface area contributed by atoms with Crippen LogP contribution in [0.1, 0.15) is 24.5 Å². The van der Waals surface area contributed by atoms with Crippen LogP contribution in [0.2, 0.25) is 0 Å². The van der Waals surface area contributed by atoms with E-state index in [-0.39, 0.29) is 0 Å². The predicted octanol–water partition coefficient (Wildman–Crippen LogP) is 2.61. The Morgan fingerprint density at radius 2 is 2.33 bits per heavy atom. The monoisotopic (exact) mass is 200 g/mol. The van der Waals surface area contributed by atoms with E-state index in [4.69, 9.17) is 5.26 Å².